The number of rotatable bonds is 10. The van der Waals surface area contributed by atoms with Gasteiger partial charge in [0.25, 0.3) is 5.91 Å². The quantitative estimate of drug-likeness (QED) is 0.210. The van der Waals surface area contributed by atoms with Gasteiger partial charge in [0.05, 0.1) is 26.5 Å². The fourth-order valence-electron chi connectivity index (χ4n) is 3.28. The van der Waals surface area contributed by atoms with E-state index in [2.05, 4.69) is 14.5 Å². The molecule has 0 radical (unpaired) electrons. The second kappa shape index (κ2) is 11.0. The highest BCUT2D eigenvalue weighted by molar-refractivity contribution is 6.04. The van der Waals surface area contributed by atoms with Crippen LogP contribution in [0.15, 0.2) is 41.4 Å². The molecule has 12 heteroatoms. The molecular weight excluding hydrogens is 460 g/mol. The molecule has 4 N–H and O–H groups in total. The molecular formula is C23H24N4O8. The van der Waals surface area contributed by atoms with Crippen LogP contribution < -0.4 is 20.9 Å². The molecule has 0 atom stereocenters. The summed E-state index contributed by atoms with van der Waals surface area (Å²) in [6.45, 7) is -0.842. The number of ketones is 1. The van der Waals surface area contributed by atoms with E-state index in [0.717, 1.165) is 0 Å². The number of nitrogens with two attached hydrogens (primary N) is 2. The first kappa shape index (κ1) is 25.0. The Kier molecular flexibility index (Phi) is 7.87. The number of aliphatic imine (C=N–C) groups is 1. The van der Waals surface area contributed by atoms with Crippen LogP contribution in [0.4, 0.5) is 5.69 Å². The molecule has 0 saturated heterocycles. The number of ether oxygens (including phenoxy) is 4. The number of methoxy groups -OCH3 is 2. The van der Waals surface area contributed by atoms with Crippen molar-refractivity contribution in [3.8, 4) is 11.5 Å². The van der Waals surface area contributed by atoms with Crippen molar-refractivity contribution in [2.24, 2.45) is 16.5 Å². The van der Waals surface area contributed by atoms with Crippen molar-refractivity contribution < 1.29 is 38.1 Å². The van der Waals surface area contributed by atoms with Gasteiger partial charge in [0.2, 0.25) is 0 Å². The van der Waals surface area contributed by atoms with Crippen molar-refractivity contribution in [2.45, 2.75) is 6.54 Å². The standard InChI is InChI=1S/C23H24N4O8/c1-32-20(29)11-34-18-6-3-13(8-19(18)35-12-21(30)33-2)17(28)10-27-9-14-7-15(26-23(24)25)4-5-16(14)22(27)31/h3-8H,9-12H2,1-2H3,(H4,24,25,26). The monoisotopic (exact) mass is 484 g/mol. The summed E-state index contributed by atoms with van der Waals surface area (Å²) >= 11 is 0. The maximum Gasteiger partial charge on any atom is 0.343 e. The number of carbonyl (C=O) groups is 4. The Balaban J connectivity index is 1.76. The molecule has 3 rings (SSSR count). The summed E-state index contributed by atoms with van der Waals surface area (Å²) in [5.41, 5.74) is 12.7. The molecule has 1 heterocycles. The van der Waals surface area contributed by atoms with Crippen molar-refractivity contribution >= 4 is 35.3 Å². The molecule has 0 bridgehead atoms. The van der Waals surface area contributed by atoms with E-state index in [0.29, 0.717) is 16.8 Å². The lowest BCUT2D eigenvalue weighted by Crippen LogP contribution is -2.30. The van der Waals surface area contributed by atoms with Gasteiger partial charge in [-0.05, 0) is 42.0 Å². The van der Waals surface area contributed by atoms with Crippen LogP contribution in [-0.2, 0) is 25.6 Å². The zero-order valence-corrected chi connectivity index (χ0v) is 19.1. The number of hydrogen-bond acceptors (Lipinski definition) is 9. The van der Waals surface area contributed by atoms with Crippen LogP contribution in [0.25, 0.3) is 0 Å². The number of fused-ring (bicyclic) bond motifs is 1. The Morgan fingerprint density at radius 1 is 0.943 bits per heavy atom. The van der Waals surface area contributed by atoms with Crippen LogP contribution in [0.5, 0.6) is 11.5 Å². The van der Waals surface area contributed by atoms with E-state index in [1.165, 1.54) is 37.3 Å². The van der Waals surface area contributed by atoms with Gasteiger partial charge in [-0.15, -0.1) is 0 Å². The van der Waals surface area contributed by atoms with Gasteiger partial charge in [0.15, 0.2) is 36.5 Å². The molecule has 1 amide bonds. The number of hydrogen-bond donors (Lipinski definition) is 2. The van der Waals surface area contributed by atoms with E-state index in [1.807, 2.05) is 0 Å². The number of nitrogens with zero attached hydrogens (tertiary/aromatic N) is 2. The Hall–Kier alpha value is -4.61. The van der Waals surface area contributed by atoms with Crippen molar-refractivity contribution in [3.63, 3.8) is 0 Å². The minimum atomic E-state index is -0.652. The van der Waals surface area contributed by atoms with Crippen LogP contribution >= 0.6 is 0 Å². The number of amides is 1. The van der Waals surface area contributed by atoms with Crippen LogP contribution in [0.2, 0.25) is 0 Å². The van der Waals surface area contributed by atoms with E-state index in [-0.39, 0.29) is 47.8 Å². The molecule has 2 aromatic carbocycles. The number of carbonyl (C=O) groups excluding carboxylic acids is 4. The first-order chi connectivity index (χ1) is 16.7. The van der Waals surface area contributed by atoms with Gasteiger partial charge in [-0.3, -0.25) is 9.59 Å². The molecule has 2 aromatic rings. The van der Waals surface area contributed by atoms with Crippen LogP contribution in [-0.4, -0.2) is 68.5 Å². The number of benzene rings is 2. The summed E-state index contributed by atoms with van der Waals surface area (Å²) in [6, 6.07) is 9.15. The van der Waals surface area contributed by atoms with E-state index in [9.17, 15) is 19.2 Å². The van der Waals surface area contributed by atoms with Gasteiger partial charge < -0.3 is 35.3 Å². The number of esters is 2. The Morgan fingerprint density at radius 2 is 1.60 bits per heavy atom. The molecule has 1 aliphatic heterocycles. The molecule has 0 aliphatic carbocycles. The molecule has 12 nitrogen and oxygen atoms in total. The van der Waals surface area contributed by atoms with Gasteiger partial charge >= 0.3 is 11.9 Å². The van der Waals surface area contributed by atoms with E-state index >= 15 is 0 Å². The summed E-state index contributed by atoms with van der Waals surface area (Å²) in [5, 5.41) is 0. The van der Waals surface area contributed by atoms with Crippen molar-refractivity contribution in [1.29, 1.82) is 0 Å². The van der Waals surface area contributed by atoms with E-state index < -0.39 is 25.2 Å². The normalized spacial score (nSPS) is 11.9. The minimum Gasteiger partial charge on any atom is -0.478 e. The molecule has 0 saturated carbocycles. The lowest BCUT2D eigenvalue weighted by Gasteiger charge is -2.16. The van der Waals surface area contributed by atoms with Crippen LogP contribution in [0, 0.1) is 0 Å². The second-order valence-corrected chi connectivity index (χ2v) is 7.35. The predicted octanol–water partition coefficient (Wildman–Crippen LogP) is 0.534. The number of Topliss-reactive ketones (excluding diaryl/α,β-unsaturated/α-hetero) is 1. The molecule has 35 heavy (non-hydrogen) atoms. The number of guanidine groups is 1. The summed E-state index contributed by atoms with van der Waals surface area (Å²) in [6.07, 6.45) is 0. The minimum absolute atomic E-state index is 0.0445. The third-order valence-corrected chi connectivity index (χ3v) is 4.97. The second-order valence-electron chi connectivity index (χ2n) is 7.35. The highest BCUT2D eigenvalue weighted by Gasteiger charge is 2.29. The Bertz CT molecular complexity index is 1190. The van der Waals surface area contributed by atoms with Crippen LogP contribution in [0.1, 0.15) is 26.3 Å². The van der Waals surface area contributed by atoms with E-state index in [1.54, 1.807) is 18.2 Å². The predicted molar refractivity (Wildman–Crippen MR) is 122 cm³/mol. The Morgan fingerprint density at radius 3 is 2.23 bits per heavy atom. The fraction of sp³-hybridized carbons (Fsp3) is 0.261. The summed E-state index contributed by atoms with van der Waals surface area (Å²) in [4.78, 5) is 54.0. The highest BCUT2D eigenvalue weighted by atomic mass is 16.6. The summed E-state index contributed by atoms with van der Waals surface area (Å²) in [5.74, 6) is -1.90. The summed E-state index contributed by atoms with van der Waals surface area (Å²) < 4.78 is 19.9. The first-order valence-corrected chi connectivity index (χ1v) is 10.3. The van der Waals surface area contributed by atoms with Crippen LogP contribution in [0.3, 0.4) is 0 Å². The van der Waals surface area contributed by atoms with E-state index in [4.69, 9.17) is 20.9 Å². The average molecular weight is 484 g/mol. The fourth-order valence-corrected chi connectivity index (χ4v) is 3.28. The Labute approximate surface area is 200 Å². The lowest BCUT2D eigenvalue weighted by molar-refractivity contribution is -0.144. The lowest BCUT2D eigenvalue weighted by atomic mass is 10.1. The molecule has 0 aromatic heterocycles. The zero-order valence-electron chi connectivity index (χ0n) is 19.1. The molecule has 1 aliphatic rings. The summed E-state index contributed by atoms with van der Waals surface area (Å²) in [7, 11) is 2.41. The third-order valence-electron chi connectivity index (χ3n) is 4.97. The van der Waals surface area contributed by atoms with Gasteiger partial charge in [0, 0.05) is 17.7 Å². The maximum absolute atomic E-state index is 13.0. The topological polar surface area (TPSA) is 173 Å². The zero-order chi connectivity index (χ0) is 25.5. The SMILES string of the molecule is COC(=O)COc1ccc(C(=O)CN2Cc3cc(N=C(N)N)ccc3C2=O)cc1OCC(=O)OC. The van der Waals surface area contributed by atoms with Gasteiger partial charge in [-0.25, -0.2) is 14.6 Å². The maximum atomic E-state index is 13.0. The van der Waals surface area contributed by atoms with Gasteiger partial charge in [0.1, 0.15) is 0 Å². The van der Waals surface area contributed by atoms with Crippen molar-refractivity contribution in [1.82, 2.24) is 4.90 Å². The van der Waals surface area contributed by atoms with Crippen molar-refractivity contribution in [3.05, 3.63) is 53.1 Å². The average Bonchev–Trinajstić information content (AvgIpc) is 3.14. The van der Waals surface area contributed by atoms with Gasteiger partial charge in [-0.1, -0.05) is 0 Å². The molecule has 0 unspecified atom stereocenters. The first-order valence-electron chi connectivity index (χ1n) is 10.3. The molecule has 184 valence electrons. The molecule has 0 spiro atoms. The smallest absolute Gasteiger partial charge is 0.343 e. The van der Waals surface area contributed by atoms with Gasteiger partial charge in [-0.2, -0.15) is 0 Å². The molecule has 0 fully saturated rings. The highest BCUT2D eigenvalue weighted by Crippen LogP contribution is 2.30. The largest absolute Gasteiger partial charge is 0.478 e. The van der Waals surface area contributed by atoms with Crippen molar-refractivity contribution in [2.75, 3.05) is 34.0 Å². The third kappa shape index (κ3) is 6.25.